The highest BCUT2D eigenvalue weighted by atomic mass is 16.2. The molecule has 0 aromatic rings. The summed E-state index contributed by atoms with van der Waals surface area (Å²) in [6.45, 7) is 7.86. The molecule has 2 heteroatoms. The van der Waals surface area contributed by atoms with E-state index in [1.54, 1.807) is 0 Å². The summed E-state index contributed by atoms with van der Waals surface area (Å²) < 4.78 is 0. The Balaban J connectivity index is 2.50. The van der Waals surface area contributed by atoms with Gasteiger partial charge in [0.05, 0.1) is 0 Å². The highest BCUT2D eigenvalue weighted by Gasteiger charge is 2.32. The molecule has 12 heavy (non-hydrogen) atoms. The van der Waals surface area contributed by atoms with E-state index >= 15 is 0 Å². The van der Waals surface area contributed by atoms with Gasteiger partial charge in [0.15, 0.2) is 0 Å². The van der Waals surface area contributed by atoms with Crippen LogP contribution in [0.15, 0.2) is 12.7 Å². The third kappa shape index (κ3) is 1.87. The maximum Gasteiger partial charge on any atom is 0.223 e. The number of hydrogen-bond acceptors (Lipinski definition) is 1. The van der Waals surface area contributed by atoms with Crippen LogP contribution in [-0.2, 0) is 4.79 Å². The second-order valence-electron chi connectivity index (χ2n) is 3.82. The minimum absolute atomic E-state index is 0.218. The quantitative estimate of drug-likeness (QED) is 0.637. The fourth-order valence-corrected chi connectivity index (χ4v) is 1.71. The van der Waals surface area contributed by atoms with Crippen LogP contribution in [0.3, 0.4) is 0 Å². The topological polar surface area (TPSA) is 29.1 Å². The summed E-state index contributed by atoms with van der Waals surface area (Å²) in [5, 5.41) is 2.98. The van der Waals surface area contributed by atoms with Gasteiger partial charge in [0.1, 0.15) is 0 Å². The molecule has 2 nitrogen and oxygen atoms in total. The van der Waals surface area contributed by atoms with Crippen molar-refractivity contribution in [1.29, 1.82) is 0 Å². The lowest BCUT2D eigenvalue weighted by molar-refractivity contribution is -0.123. The Labute approximate surface area is 74.0 Å². The molecule has 1 aliphatic rings. The van der Waals surface area contributed by atoms with Crippen molar-refractivity contribution >= 4 is 5.91 Å². The molecular formula is C10H17NO. The van der Waals surface area contributed by atoms with Crippen LogP contribution in [0.2, 0.25) is 0 Å². The van der Waals surface area contributed by atoms with E-state index in [2.05, 4.69) is 25.7 Å². The third-order valence-corrected chi connectivity index (χ3v) is 2.48. The van der Waals surface area contributed by atoms with E-state index in [0.717, 1.165) is 12.8 Å². The molecule has 1 saturated heterocycles. The number of carbonyl (C=O) groups is 1. The molecule has 1 amide bonds. The van der Waals surface area contributed by atoms with E-state index in [0.29, 0.717) is 12.0 Å². The number of nitrogens with one attached hydrogen (secondary N) is 1. The van der Waals surface area contributed by atoms with Crippen molar-refractivity contribution in [3.05, 3.63) is 12.7 Å². The fraction of sp³-hybridized carbons (Fsp3) is 0.700. The molecule has 0 bridgehead atoms. The molecule has 1 aliphatic heterocycles. The van der Waals surface area contributed by atoms with Gasteiger partial charge in [-0.25, -0.2) is 0 Å². The van der Waals surface area contributed by atoms with Crippen LogP contribution in [0.4, 0.5) is 0 Å². The number of rotatable bonds is 3. The van der Waals surface area contributed by atoms with Crippen LogP contribution in [0.1, 0.15) is 26.7 Å². The van der Waals surface area contributed by atoms with Crippen LogP contribution >= 0.6 is 0 Å². The summed E-state index contributed by atoms with van der Waals surface area (Å²) in [6.07, 6.45) is 3.74. The van der Waals surface area contributed by atoms with Gasteiger partial charge in [0.2, 0.25) is 5.91 Å². The summed E-state index contributed by atoms with van der Waals surface area (Å²) in [5.74, 6) is 0.895. The lowest BCUT2D eigenvalue weighted by atomic mass is 9.92. The Morgan fingerprint density at radius 3 is 2.83 bits per heavy atom. The van der Waals surface area contributed by atoms with Crippen molar-refractivity contribution in [2.75, 3.05) is 0 Å². The fourth-order valence-electron chi connectivity index (χ4n) is 1.71. The van der Waals surface area contributed by atoms with E-state index < -0.39 is 0 Å². The summed E-state index contributed by atoms with van der Waals surface area (Å²) >= 11 is 0. The van der Waals surface area contributed by atoms with Crippen molar-refractivity contribution in [3.8, 4) is 0 Å². The van der Waals surface area contributed by atoms with Gasteiger partial charge in [0.25, 0.3) is 0 Å². The summed E-state index contributed by atoms with van der Waals surface area (Å²) in [5.41, 5.74) is 0. The predicted octanol–water partition coefficient (Wildman–Crippen LogP) is 1.72. The van der Waals surface area contributed by atoms with Crippen LogP contribution in [0.25, 0.3) is 0 Å². The molecule has 68 valence electrons. The molecule has 0 aromatic carbocycles. The van der Waals surface area contributed by atoms with Gasteiger partial charge in [-0.05, 0) is 18.8 Å². The Hall–Kier alpha value is -0.790. The maximum atomic E-state index is 11.4. The first-order valence-corrected chi connectivity index (χ1v) is 4.56. The molecule has 1 N–H and O–H groups in total. The lowest BCUT2D eigenvalue weighted by Crippen LogP contribution is -2.26. The zero-order chi connectivity index (χ0) is 9.14. The van der Waals surface area contributed by atoms with Gasteiger partial charge in [0, 0.05) is 12.0 Å². The molecule has 0 spiro atoms. The van der Waals surface area contributed by atoms with Crippen LogP contribution < -0.4 is 5.32 Å². The molecule has 1 heterocycles. The molecule has 2 atom stereocenters. The SMILES string of the molecule is C=CCC1CC(C(C)C)C(=O)N1. The Morgan fingerprint density at radius 1 is 1.75 bits per heavy atom. The van der Waals surface area contributed by atoms with E-state index in [1.165, 1.54) is 0 Å². The highest BCUT2D eigenvalue weighted by Crippen LogP contribution is 2.24. The van der Waals surface area contributed by atoms with Crippen LogP contribution in [0.5, 0.6) is 0 Å². The Morgan fingerprint density at radius 2 is 2.42 bits per heavy atom. The molecule has 0 aliphatic carbocycles. The molecule has 0 aromatic heterocycles. The van der Waals surface area contributed by atoms with Crippen molar-refractivity contribution in [3.63, 3.8) is 0 Å². The first-order chi connectivity index (χ1) is 5.65. The van der Waals surface area contributed by atoms with Gasteiger partial charge >= 0.3 is 0 Å². The maximum absolute atomic E-state index is 11.4. The minimum atomic E-state index is 0.218. The zero-order valence-electron chi connectivity index (χ0n) is 7.84. The largest absolute Gasteiger partial charge is 0.353 e. The van der Waals surface area contributed by atoms with Crippen molar-refractivity contribution in [2.45, 2.75) is 32.7 Å². The summed E-state index contributed by atoms with van der Waals surface area (Å²) in [4.78, 5) is 11.4. The van der Waals surface area contributed by atoms with Crippen LogP contribution in [0, 0.1) is 11.8 Å². The Bertz CT molecular complexity index is 186. The summed E-state index contributed by atoms with van der Waals surface area (Å²) in [6, 6.07) is 0.336. The van der Waals surface area contributed by atoms with E-state index in [-0.39, 0.29) is 11.8 Å². The summed E-state index contributed by atoms with van der Waals surface area (Å²) in [7, 11) is 0. The molecule has 2 unspecified atom stereocenters. The first-order valence-electron chi connectivity index (χ1n) is 4.56. The van der Waals surface area contributed by atoms with Crippen molar-refractivity contribution in [1.82, 2.24) is 5.32 Å². The van der Waals surface area contributed by atoms with Crippen molar-refractivity contribution in [2.24, 2.45) is 11.8 Å². The first kappa shape index (κ1) is 9.30. The third-order valence-electron chi connectivity index (χ3n) is 2.48. The second kappa shape index (κ2) is 3.74. The molecule has 1 fully saturated rings. The average molecular weight is 167 g/mol. The standard InChI is InChI=1S/C10H17NO/c1-4-5-8-6-9(7(2)3)10(12)11-8/h4,7-9H,1,5-6H2,2-3H3,(H,11,12). The van der Waals surface area contributed by atoms with E-state index in [4.69, 9.17) is 0 Å². The molecule has 1 rings (SSSR count). The van der Waals surface area contributed by atoms with E-state index in [1.807, 2.05) is 6.08 Å². The monoisotopic (exact) mass is 167 g/mol. The van der Waals surface area contributed by atoms with Crippen LogP contribution in [-0.4, -0.2) is 11.9 Å². The Kier molecular flexibility index (Phi) is 2.90. The smallest absolute Gasteiger partial charge is 0.223 e. The minimum Gasteiger partial charge on any atom is -0.353 e. The van der Waals surface area contributed by atoms with Gasteiger partial charge in [-0.2, -0.15) is 0 Å². The van der Waals surface area contributed by atoms with Gasteiger partial charge in [-0.15, -0.1) is 6.58 Å². The molecular weight excluding hydrogens is 150 g/mol. The normalized spacial score (nSPS) is 29.1. The van der Waals surface area contributed by atoms with Crippen molar-refractivity contribution < 1.29 is 4.79 Å². The van der Waals surface area contributed by atoms with Gasteiger partial charge in [-0.1, -0.05) is 19.9 Å². The molecule has 0 saturated carbocycles. The van der Waals surface area contributed by atoms with Gasteiger partial charge in [-0.3, -0.25) is 4.79 Å². The highest BCUT2D eigenvalue weighted by molar-refractivity contribution is 5.81. The van der Waals surface area contributed by atoms with E-state index in [9.17, 15) is 4.79 Å². The number of amides is 1. The number of hydrogen-bond donors (Lipinski definition) is 1. The number of carbonyl (C=O) groups excluding carboxylic acids is 1. The predicted molar refractivity (Wildman–Crippen MR) is 49.7 cm³/mol. The van der Waals surface area contributed by atoms with Gasteiger partial charge < -0.3 is 5.32 Å². The second-order valence-corrected chi connectivity index (χ2v) is 3.82. The lowest BCUT2D eigenvalue weighted by Gasteiger charge is -2.09. The zero-order valence-corrected chi connectivity index (χ0v) is 7.84. The molecule has 0 radical (unpaired) electrons. The average Bonchev–Trinajstić information content (AvgIpc) is 2.32.